The molecule has 4 N–H and O–H groups in total. The van der Waals surface area contributed by atoms with Crippen LogP contribution in [0.3, 0.4) is 0 Å². The number of fused-ring (bicyclic) bond motifs is 1. The summed E-state index contributed by atoms with van der Waals surface area (Å²) in [7, 11) is 0. The van der Waals surface area contributed by atoms with E-state index in [0.29, 0.717) is 23.4 Å². The molecule has 1 fully saturated rings. The van der Waals surface area contributed by atoms with Crippen molar-refractivity contribution in [2.75, 3.05) is 18.5 Å². The zero-order valence-corrected chi connectivity index (χ0v) is 16.3. The van der Waals surface area contributed by atoms with E-state index in [4.69, 9.17) is 16.3 Å². The number of aliphatic hydroxyl groups is 3. The highest BCUT2D eigenvalue weighted by atomic mass is 35.5. The third-order valence-corrected chi connectivity index (χ3v) is 5.28. The second-order valence-electron chi connectivity index (χ2n) is 7.04. The standard InChI is InChI=1S/C21H22ClN3O4/c22-21-24-15-10-13(19-18(28)17(27)16(11-26)29-19)6-7-14(15)20(25-21)23-9-8-12-4-2-1-3-5-12/h1-7,10,16-19,26-28H,8-9,11H2,(H,23,24,25)/t16-,17-,18-,19+/m1/s1. The van der Waals surface area contributed by atoms with Gasteiger partial charge in [0.05, 0.1) is 12.1 Å². The molecule has 152 valence electrons. The lowest BCUT2D eigenvalue weighted by molar-refractivity contribution is -0.0227. The molecule has 1 aliphatic rings. The predicted molar refractivity (Wildman–Crippen MR) is 110 cm³/mol. The summed E-state index contributed by atoms with van der Waals surface area (Å²) in [5.74, 6) is 0.628. The highest BCUT2D eigenvalue weighted by molar-refractivity contribution is 6.28. The molecular weight excluding hydrogens is 394 g/mol. The molecule has 3 aromatic rings. The van der Waals surface area contributed by atoms with E-state index >= 15 is 0 Å². The number of anilines is 1. The average molecular weight is 416 g/mol. The molecule has 29 heavy (non-hydrogen) atoms. The Kier molecular flexibility index (Phi) is 5.94. The van der Waals surface area contributed by atoms with E-state index in [-0.39, 0.29) is 11.9 Å². The van der Waals surface area contributed by atoms with Gasteiger partial charge in [0, 0.05) is 11.9 Å². The minimum Gasteiger partial charge on any atom is -0.394 e. The maximum atomic E-state index is 10.3. The second-order valence-corrected chi connectivity index (χ2v) is 7.38. The Morgan fingerprint density at radius 3 is 2.55 bits per heavy atom. The SMILES string of the molecule is OC[C@H]1O[C@@H](c2ccc3c(NCCc4ccccc4)nc(Cl)nc3c2)[C@H](O)[C@@H]1O. The summed E-state index contributed by atoms with van der Waals surface area (Å²) in [5, 5.41) is 33.7. The van der Waals surface area contributed by atoms with Gasteiger partial charge in [0.1, 0.15) is 30.2 Å². The molecule has 0 amide bonds. The van der Waals surface area contributed by atoms with Crippen molar-refractivity contribution in [1.29, 1.82) is 0 Å². The van der Waals surface area contributed by atoms with Crippen molar-refractivity contribution >= 4 is 28.3 Å². The van der Waals surface area contributed by atoms with Gasteiger partial charge in [-0.3, -0.25) is 0 Å². The summed E-state index contributed by atoms with van der Waals surface area (Å²) in [6.07, 6.45) is -3.02. The summed E-state index contributed by atoms with van der Waals surface area (Å²) in [4.78, 5) is 8.58. The Bertz CT molecular complexity index is 988. The first kappa shape index (κ1) is 20.0. The van der Waals surface area contributed by atoms with Crippen LogP contribution in [0.1, 0.15) is 17.2 Å². The quantitative estimate of drug-likeness (QED) is 0.456. The fourth-order valence-electron chi connectivity index (χ4n) is 3.58. The number of ether oxygens (including phenoxy) is 1. The van der Waals surface area contributed by atoms with Crippen molar-refractivity contribution in [2.45, 2.75) is 30.8 Å². The lowest BCUT2D eigenvalue weighted by atomic mass is 10.0. The first-order chi connectivity index (χ1) is 14.1. The number of rotatable bonds is 6. The molecular formula is C21H22ClN3O4. The van der Waals surface area contributed by atoms with Gasteiger partial charge >= 0.3 is 0 Å². The molecule has 0 unspecified atom stereocenters. The number of aliphatic hydroxyl groups excluding tert-OH is 3. The molecule has 0 aliphatic carbocycles. The van der Waals surface area contributed by atoms with Gasteiger partial charge in [0.15, 0.2) is 0 Å². The van der Waals surface area contributed by atoms with E-state index < -0.39 is 24.4 Å². The Morgan fingerprint density at radius 1 is 1.03 bits per heavy atom. The highest BCUT2D eigenvalue weighted by Gasteiger charge is 2.43. The van der Waals surface area contributed by atoms with Gasteiger partial charge in [0.25, 0.3) is 0 Å². The zero-order chi connectivity index (χ0) is 20.4. The van der Waals surface area contributed by atoms with Crippen LogP contribution in [0.4, 0.5) is 5.82 Å². The smallest absolute Gasteiger partial charge is 0.224 e. The van der Waals surface area contributed by atoms with Crippen molar-refractivity contribution < 1.29 is 20.1 Å². The molecule has 4 atom stereocenters. The van der Waals surface area contributed by atoms with Crippen molar-refractivity contribution in [3.8, 4) is 0 Å². The molecule has 1 saturated heterocycles. The number of hydrogen-bond acceptors (Lipinski definition) is 7. The van der Waals surface area contributed by atoms with Crippen LogP contribution in [-0.2, 0) is 11.2 Å². The third-order valence-electron chi connectivity index (χ3n) is 5.11. The first-order valence-electron chi connectivity index (χ1n) is 9.44. The summed E-state index contributed by atoms with van der Waals surface area (Å²) in [6, 6.07) is 15.5. The fourth-order valence-corrected chi connectivity index (χ4v) is 3.75. The number of nitrogens with zero attached hydrogens (tertiary/aromatic N) is 2. The Labute approximate surface area is 173 Å². The van der Waals surface area contributed by atoms with Gasteiger partial charge in [-0.25, -0.2) is 9.97 Å². The van der Waals surface area contributed by atoms with E-state index in [2.05, 4.69) is 27.4 Å². The van der Waals surface area contributed by atoms with Crippen molar-refractivity contribution in [3.05, 3.63) is 64.9 Å². The number of halogens is 1. The lowest BCUT2D eigenvalue weighted by Crippen LogP contribution is -2.32. The van der Waals surface area contributed by atoms with E-state index in [1.807, 2.05) is 24.3 Å². The van der Waals surface area contributed by atoms with Gasteiger partial charge in [-0.05, 0) is 41.3 Å². The van der Waals surface area contributed by atoms with Crippen LogP contribution in [0, 0.1) is 0 Å². The first-order valence-corrected chi connectivity index (χ1v) is 9.82. The molecule has 2 heterocycles. The summed E-state index contributed by atoms with van der Waals surface area (Å²) in [5.41, 5.74) is 2.46. The fraction of sp³-hybridized carbons (Fsp3) is 0.333. The number of nitrogens with one attached hydrogen (secondary N) is 1. The van der Waals surface area contributed by atoms with Gasteiger partial charge in [0.2, 0.25) is 5.28 Å². The van der Waals surface area contributed by atoms with Gasteiger partial charge in [-0.1, -0.05) is 36.4 Å². The number of aromatic nitrogens is 2. The molecule has 1 aromatic heterocycles. The third kappa shape index (κ3) is 4.19. The molecule has 7 nitrogen and oxygen atoms in total. The average Bonchev–Trinajstić information content (AvgIpc) is 3.02. The maximum Gasteiger partial charge on any atom is 0.224 e. The minimum absolute atomic E-state index is 0.109. The van der Waals surface area contributed by atoms with E-state index in [9.17, 15) is 15.3 Å². The molecule has 2 aromatic carbocycles. The van der Waals surface area contributed by atoms with Crippen molar-refractivity contribution in [3.63, 3.8) is 0 Å². The molecule has 4 rings (SSSR count). The maximum absolute atomic E-state index is 10.3. The highest BCUT2D eigenvalue weighted by Crippen LogP contribution is 2.35. The van der Waals surface area contributed by atoms with E-state index in [0.717, 1.165) is 11.8 Å². The van der Waals surface area contributed by atoms with Crippen LogP contribution < -0.4 is 5.32 Å². The molecule has 1 aliphatic heterocycles. The summed E-state index contributed by atoms with van der Waals surface area (Å²) < 4.78 is 5.60. The van der Waals surface area contributed by atoms with Crippen molar-refractivity contribution in [2.24, 2.45) is 0 Å². The van der Waals surface area contributed by atoms with Gasteiger partial charge < -0.3 is 25.4 Å². The van der Waals surface area contributed by atoms with Crippen LogP contribution in [0.25, 0.3) is 10.9 Å². The zero-order valence-electron chi connectivity index (χ0n) is 15.6. The number of benzene rings is 2. The van der Waals surface area contributed by atoms with Crippen LogP contribution in [0.2, 0.25) is 5.28 Å². The van der Waals surface area contributed by atoms with E-state index in [1.165, 1.54) is 5.56 Å². The molecule has 0 saturated carbocycles. The molecule has 8 heteroatoms. The monoisotopic (exact) mass is 415 g/mol. The lowest BCUT2D eigenvalue weighted by Gasteiger charge is -2.16. The normalized spacial score (nSPS) is 24.1. The minimum atomic E-state index is -1.15. The van der Waals surface area contributed by atoms with Crippen LogP contribution in [0.5, 0.6) is 0 Å². The summed E-state index contributed by atoms with van der Waals surface area (Å²) in [6.45, 7) is 0.314. The van der Waals surface area contributed by atoms with Crippen LogP contribution >= 0.6 is 11.6 Å². The Morgan fingerprint density at radius 2 is 1.83 bits per heavy atom. The number of hydrogen-bond donors (Lipinski definition) is 4. The van der Waals surface area contributed by atoms with Crippen molar-refractivity contribution in [1.82, 2.24) is 9.97 Å². The van der Waals surface area contributed by atoms with Crippen LogP contribution in [0.15, 0.2) is 48.5 Å². The van der Waals surface area contributed by atoms with Gasteiger partial charge in [-0.15, -0.1) is 0 Å². The summed E-state index contributed by atoms with van der Waals surface area (Å²) >= 11 is 6.11. The van der Waals surface area contributed by atoms with E-state index in [1.54, 1.807) is 12.1 Å². The molecule has 0 radical (unpaired) electrons. The van der Waals surface area contributed by atoms with Gasteiger partial charge in [-0.2, -0.15) is 0 Å². The topological polar surface area (TPSA) is 108 Å². The second kappa shape index (κ2) is 8.61. The van der Waals surface area contributed by atoms with Crippen LogP contribution in [-0.4, -0.2) is 56.8 Å². The molecule has 0 spiro atoms. The predicted octanol–water partition coefficient (Wildman–Crippen LogP) is 2.09. The largest absolute Gasteiger partial charge is 0.394 e. The Balaban J connectivity index is 1.56. The molecule has 0 bridgehead atoms. The Hall–Kier alpha value is -2.29.